The summed E-state index contributed by atoms with van der Waals surface area (Å²) >= 11 is 3.34. The first-order valence-electron chi connectivity index (χ1n) is 5.80. The van der Waals surface area contributed by atoms with Crippen LogP contribution in [0.5, 0.6) is 0 Å². The highest BCUT2D eigenvalue weighted by Crippen LogP contribution is 2.19. The summed E-state index contributed by atoms with van der Waals surface area (Å²) < 4.78 is 0. The molecule has 0 aromatic heterocycles. The van der Waals surface area contributed by atoms with Crippen molar-refractivity contribution < 1.29 is 15.0 Å². The van der Waals surface area contributed by atoms with Gasteiger partial charge < -0.3 is 15.5 Å². The molecule has 1 aromatic rings. The number of nitrogens with one attached hydrogen (secondary N) is 1. The fourth-order valence-corrected chi connectivity index (χ4v) is 1.95. The number of alkyl halides is 1. The molecule has 0 heterocycles. The van der Waals surface area contributed by atoms with Crippen molar-refractivity contribution in [1.82, 2.24) is 5.32 Å². The molecule has 4 nitrogen and oxygen atoms in total. The van der Waals surface area contributed by atoms with E-state index in [1.54, 1.807) is 12.1 Å². The highest BCUT2D eigenvalue weighted by Gasteiger charge is 2.17. The molecular formula is C13H18BrNO3. The van der Waals surface area contributed by atoms with E-state index in [-0.39, 0.29) is 5.91 Å². The van der Waals surface area contributed by atoms with Gasteiger partial charge in [0.1, 0.15) is 6.10 Å². The smallest absolute Gasteiger partial charge is 0.216 e. The number of carbonyl (C=O) groups excluding carboxylic acids is 1. The van der Waals surface area contributed by atoms with E-state index >= 15 is 0 Å². The molecule has 0 saturated heterocycles. The Morgan fingerprint density at radius 3 is 2.44 bits per heavy atom. The molecule has 0 aliphatic carbocycles. The normalized spacial score (nSPS) is 14.0. The van der Waals surface area contributed by atoms with E-state index in [9.17, 15) is 15.0 Å². The number of hydrogen-bond acceptors (Lipinski definition) is 3. The maximum atomic E-state index is 10.7. The van der Waals surface area contributed by atoms with E-state index in [4.69, 9.17) is 0 Å². The van der Waals surface area contributed by atoms with Crippen LogP contribution in [0.25, 0.3) is 0 Å². The Bertz CT molecular complexity index is 380. The fourth-order valence-electron chi connectivity index (χ4n) is 1.58. The first-order chi connectivity index (χ1) is 8.54. The van der Waals surface area contributed by atoms with Gasteiger partial charge in [-0.2, -0.15) is 0 Å². The third kappa shape index (κ3) is 4.76. The van der Waals surface area contributed by atoms with Gasteiger partial charge in [0.2, 0.25) is 5.91 Å². The van der Waals surface area contributed by atoms with Gasteiger partial charge in [0.25, 0.3) is 0 Å². The summed E-state index contributed by atoms with van der Waals surface area (Å²) in [6.45, 7) is 1.77. The van der Waals surface area contributed by atoms with Gasteiger partial charge in [0.05, 0.1) is 6.10 Å². The second kappa shape index (κ2) is 7.51. The van der Waals surface area contributed by atoms with Crippen molar-refractivity contribution in [2.45, 2.75) is 30.9 Å². The Morgan fingerprint density at radius 2 is 1.94 bits per heavy atom. The van der Waals surface area contributed by atoms with E-state index in [2.05, 4.69) is 21.2 Å². The Kier molecular flexibility index (Phi) is 6.32. The summed E-state index contributed by atoms with van der Waals surface area (Å²) in [5.74, 6) is -0.140. The first kappa shape index (κ1) is 15.1. The predicted octanol–water partition coefficient (Wildman–Crippen LogP) is 1.50. The molecule has 3 N–H and O–H groups in total. The lowest BCUT2D eigenvalue weighted by Gasteiger charge is -2.18. The fraction of sp³-hybridized carbons (Fsp3) is 0.462. The molecule has 1 rings (SSSR count). The minimum atomic E-state index is -0.928. The Balaban J connectivity index is 2.51. The summed E-state index contributed by atoms with van der Waals surface area (Å²) in [5.41, 5.74) is 1.79. The van der Waals surface area contributed by atoms with E-state index in [1.807, 2.05) is 12.1 Å². The zero-order chi connectivity index (χ0) is 13.5. The largest absolute Gasteiger partial charge is 0.390 e. The van der Waals surface area contributed by atoms with Crippen molar-refractivity contribution in [1.29, 1.82) is 0 Å². The van der Waals surface area contributed by atoms with Crippen molar-refractivity contribution in [3.05, 3.63) is 35.4 Å². The van der Waals surface area contributed by atoms with Crippen molar-refractivity contribution in [2.75, 3.05) is 6.54 Å². The molecule has 0 radical (unpaired) electrons. The van der Waals surface area contributed by atoms with Gasteiger partial charge in [-0.15, -0.1) is 0 Å². The number of carbonyl (C=O) groups is 1. The first-order valence-corrected chi connectivity index (χ1v) is 6.92. The molecule has 0 saturated carbocycles. The molecule has 2 atom stereocenters. The second-order valence-electron chi connectivity index (χ2n) is 4.16. The highest BCUT2D eigenvalue weighted by molar-refractivity contribution is 9.08. The third-order valence-corrected chi connectivity index (χ3v) is 3.30. The van der Waals surface area contributed by atoms with Gasteiger partial charge in [-0.3, -0.25) is 4.79 Å². The molecule has 100 valence electrons. The van der Waals surface area contributed by atoms with Crippen LogP contribution in [0.15, 0.2) is 24.3 Å². The van der Waals surface area contributed by atoms with Gasteiger partial charge in [0, 0.05) is 18.8 Å². The van der Waals surface area contributed by atoms with Crippen LogP contribution in [0, 0.1) is 0 Å². The Hall–Kier alpha value is -0.910. The maximum Gasteiger partial charge on any atom is 0.216 e. The molecule has 1 aromatic carbocycles. The summed E-state index contributed by atoms with van der Waals surface area (Å²) in [4.78, 5) is 10.7. The predicted molar refractivity (Wildman–Crippen MR) is 73.3 cm³/mol. The maximum absolute atomic E-state index is 10.7. The third-order valence-electron chi connectivity index (χ3n) is 2.65. The van der Waals surface area contributed by atoms with Gasteiger partial charge >= 0.3 is 0 Å². The van der Waals surface area contributed by atoms with Crippen LogP contribution in [0.1, 0.15) is 30.6 Å². The molecule has 0 spiro atoms. The highest BCUT2D eigenvalue weighted by atomic mass is 79.9. The van der Waals surface area contributed by atoms with Crippen LogP contribution >= 0.6 is 15.9 Å². The zero-order valence-electron chi connectivity index (χ0n) is 10.3. The molecule has 0 fully saturated rings. The quantitative estimate of drug-likeness (QED) is 0.697. The lowest BCUT2D eigenvalue weighted by atomic mass is 10.0. The van der Waals surface area contributed by atoms with Gasteiger partial charge in [-0.25, -0.2) is 0 Å². The summed E-state index contributed by atoms with van der Waals surface area (Å²) in [6, 6.07) is 7.38. The van der Waals surface area contributed by atoms with Crippen LogP contribution in [-0.4, -0.2) is 28.8 Å². The molecule has 2 unspecified atom stereocenters. The lowest BCUT2D eigenvalue weighted by molar-refractivity contribution is -0.119. The summed E-state index contributed by atoms with van der Waals surface area (Å²) in [5, 5.41) is 23.1. The molecule has 0 aliphatic rings. The van der Waals surface area contributed by atoms with Crippen molar-refractivity contribution in [2.24, 2.45) is 0 Å². The van der Waals surface area contributed by atoms with Crippen LogP contribution in [0.4, 0.5) is 0 Å². The average Bonchev–Trinajstić information content (AvgIpc) is 2.37. The van der Waals surface area contributed by atoms with E-state index in [1.165, 1.54) is 6.92 Å². The number of amides is 1. The number of aliphatic hydroxyl groups excluding tert-OH is 2. The Morgan fingerprint density at radius 1 is 1.33 bits per heavy atom. The zero-order valence-corrected chi connectivity index (χ0v) is 11.9. The topological polar surface area (TPSA) is 69.6 Å². The standard InChI is InChI=1S/C13H18BrNO3/c1-9(16)15-7-6-12(17)13(18)11-4-2-10(8-14)3-5-11/h2-5,12-13,17-18H,6-8H2,1H3,(H,15,16). The van der Waals surface area contributed by atoms with Gasteiger partial charge in [-0.1, -0.05) is 40.2 Å². The second-order valence-corrected chi connectivity index (χ2v) is 4.72. The molecule has 0 aliphatic heterocycles. The van der Waals surface area contributed by atoms with Crippen LogP contribution < -0.4 is 5.32 Å². The van der Waals surface area contributed by atoms with Crippen molar-refractivity contribution in [3.63, 3.8) is 0 Å². The molecule has 5 heteroatoms. The van der Waals surface area contributed by atoms with Crippen molar-refractivity contribution in [3.8, 4) is 0 Å². The lowest BCUT2D eigenvalue weighted by Crippen LogP contribution is -2.27. The summed E-state index contributed by atoms with van der Waals surface area (Å²) in [7, 11) is 0. The molecule has 18 heavy (non-hydrogen) atoms. The number of benzene rings is 1. The van der Waals surface area contributed by atoms with Crippen LogP contribution in [-0.2, 0) is 10.1 Å². The molecular weight excluding hydrogens is 298 g/mol. The SMILES string of the molecule is CC(=O)NCCC(O)C(O)c1ccc(CBr)cc1. The van der Waals surface area contributed by atoms with E-state index in [0.29, 0.717) is 18.5 Å². The van der Waals surface area contributed by atoms with Gasteiger partial charge in [0.15, 0.2) is 0 Å². The van der Waals surface area contributed by atoms with Crippen LogP contribution in [0.3, 0.4) is 0 Å². The monoisotopic (exact) mass is 315 g/mol. The summed E-state index contributed by atoms with van der Waals surface area (Å²) in [6.07, 6.45) is -1.49. The minimum absolute atomic E-state index is 0.140. The van der Waals surface area contributed by atoms with Crippen molar-refractivity contribution >= 4 is 21.8 Å². The number of halogens is 1. The van der Waals surface area contributed by atoms with Crippen LogP contribution in [0.2, 0.25) is 0 Å². The van der Waals surface area contributed by atoms with E-state index < -0.39 is 12.2 Å². The Labute approximate surface area is 115 Å². The number of hydrogen-bond donors (Lipinski definition) is 3. The minimum Gasteiger partial charge on any atom is -0.390 e. The molecule has 1 amide bonds. The van der Waals surface area contributed by atoms with Gasteiger partial charge in [-0.05, 0) is 17.5 Å². The average molecular weight is 316 g/mol. The number of rotatable bonds is 6. The molecule has 0 bridgehead atoms. The number of aliphatic hydroxyl groups is 2. The van der Waals surface area contributed by atoms with E-state index in [0.717, 1.165) is 10.9 Å².